The zero-order valence-corrected chi connectivity index (χ0v) is 22.7. The minimum Gasteiger partial charge on any atom is -0.493 e. The first-order valence-corrected chi connectivity index (χ1v) is 14.4. The van der Waals surface area contributed by atoms with Gasteiger partial charge in [-0.25, -0.2) is 8.42 Å². The fourth-order valence-electron chi connectivity index (χ4n) is 4.32. The molecule has 4 rings (SSSR count). The molecule has 1 atom stereocenters. The predicted octanol–water partition coefficient (Wildman–Crippen LogP) is 5.14. The Morgan fingerprint density at radius 2 is 1.74 bits per heavy atom. The number of nitrogens with one attached hydrogen (secondary N) is 2. The van der Waals surface area contributed by atoms with Crippen LogP contribution in [0.1, 0.15) is 43.1 Å². The number of rotatable bonds is 11. The van der Waals surface area contributed by atoms with Crippen LogP contribution in [0.15, 0.2) is 77.8 Å². The van der Waals surface area contributed by atoms with Crippen LogP contribution in [0.2, 0.25) is 0 Å². The van der Waals surface area contributed by atoms with E-state index in [9.17, 15) is 18.3 Å². The van der Waals surface area contributed by atoms with E-state index in [1.165, 1.54) is 0 Å². The quantitative estimate of drug-likeness (QED) is 0.247. The van der Waals surface area contributed by atoms with Crippen molar-refractivity contribution in [1.29, 1.82) is 0 Å². The molecule has 4 aromatic rings. The van der Waals surface area contributed by atoms with Gasteiger partial charge in [-0.15, -0.1) is 0 Å². The van der Waals surface area contributed by atoms with Crippen LogP contribution in [0.5, 0.6) is 5.75 Å². The number of hydrogen-bond acceptors (Lipinski definition) is 5. The molecule has 7 nitrogen and oxygen atoms in total. The van der Waals surface area contributed by atoms with Gasteiger partial charge in [0, 0.05) is 17.1 Å². The van der Waals surface area contributed by atoms with Crippen molar-refractivity contribution in [3.8, 4) is 16.9 Å². The number of benzene rings is 3. The van der Waals surface area contributed by atoms with E-state index in [-0.39, 0.29) is 17.4 Å². The van der Waals surface area contributed by atoms with Crippen molar-refractivity contribution in [2.45, 2.75) is 49.8 Å². The molecule has 0 unspecified atom stereocenters. The van der Waals surface area contributed by atoms with Gasteiger partial charge < -0.3 is 20.1 Å². The van der Waals surface area contributed by atoms with Crippen LogP contribution in [0.4, 0.5) is 0 Å². The lowest BCUT2D eigenvalue weighted by atomic mass is 10.0. The molecule has 0 saturated carbocycles. The topological polar surface area (TPSA) is 108 Å². The van der Waals surface area contributed by atoms with Gasteiger partial charge in [0.25, 0.3) is 5.91 Å². The van der Waals surface area contributed by atoms with Gasteiger partial charge in [-0.2, -0.15) is 0 Å². The second-order valence-electron chi connectivity index (χ2n) is 9.59. The van der Waals surface area contributed by atoms with Crippen molar-refractivity contribution in [2.75, 3.05) is 13.2 Å². The van der Waals surface area contributed by atoms with Crippen LogP contribution in [0.25, 0.3) is 22.0 Å². The van der Waals surface area contributed by atoms with Crippen LogP contribution in [0, 0.1) is 0 Å². The average molecular weight is 535 g/mol. The maximum Gasteiger partial charge on any atom is 0.255 e. The van der Waals surface area contributed by atoms with Crippen molar-refractivity contribution in [2.24, 2.45) is 0 Å². The zero-order chi connectivity index (χ0) is 27.3. The Kier molecular flexibility index (Phi) is 8.54. The summed E-state index contributed by atoms with van der Waals surface area (Å²) in [4.78, 5) is 16.9. The minimum absolute atomic E-state index is 0.220. The van der Waals surface area contributed by atoms with E-state index in [1.54, 1.807) is 50.2 Å². The fraction of sp³-hybridized carbons (Fsp3) is 0.300. The Labute approximate surface area is 223 Å². The Hall–Kier alpha value is -3.62. The van der Waals surface area contributed by atoms with E-state index in [1.807, 2.05) is 43.5 Å². The average Bonchev–Trinajstić information content (AvgIpc) is 3.34. The molecule has 0 spiro atoms. The highest BCUT2D eigenvalue weighted by molar-refractivity contribution is 7.92. The van der Waals surface area contributed by atoms with Crippen molar-refractivity contribution < 1.29 is 23.1 Å². The molecule has 38 heavy (non-hydrogen) atoms. The number of hydrogen-bond donors (Lipinski definition) is 3. The molecule has 0 radical (unpaired) electrons. The number of aromatic amines is 1. The minimum atomic E-state index is -3.38. The third-order valence-electron chi connectivity index (χ3n) is 6.52. The number of ether oxygens (including phenoxy) is 1. The normalized spacial score (nSPS) is 12.6. The number of sulfone groups is 1. The molecule has 1 heterocycles. The predicted molar refractivity (Wildman–Crippen MR) is 150 cm³/mol. The van der Waals surface area contributed by atoms with Gasteiger partial charge in [-0.05, 0) is 73.7 Å². The summed E-state index contributed by atoms with van der Waals surface area (Å²) in [5.74, 6) is 0.103. The SMILES string of the molecule is CCCOc1ccc(-c2ccc(S(=O)(=O)C(C)C)cc2)cc1C(=O)N[C@@H](CO)Cc1c[nH]c2ccccc12. The molecule has 3 N–H and O–H groups in total. The van der Waals surface area contributed by atoms with E-state index in [0.29, 0.717) is 24.3 Å². The van der Waals surface area contributed by atoms with Crippen molar-refractivity contribution >= 4 is 26.6 Å². The second kappa shape index (κ2) is 11.8. The Balaban J connectivity index is 1.60. The summed E-state index contributed by atoms with van der Waals surface area (Å²) < 4.78 is 30.8. The summed E-state index contributed by atoms with van der Waals surface area (Å²) >= 11 is 0. The third kappa shape index (κ3) is 5.92. The van der Waals surface area contributed by atoms with Gasteiger partial charge in [0.1, 0.15) is 5.75 Å². The molecule has 200 valence electrons. The first-order chi connectivity index (χ1) is 18.2. The first-order valence-electron chi connectivity index (χ1n) is 12.8. The number of aromatic nitrogens is 1. The maximum absolute atomic E-state index is 13.4. The molecule has 8 heteroatoms. The van der Waals surface area contributed by atoms with Gasteiger partial charge in [0.15, 0.2) is 9.84 Å². The Bertz CT molecular complexity index is 1510. The molecule has 0 aliphatic heterocycles. The molecule has 3 aromatic carbocycles. The van der Waals surface area contributed by atoms with E-state index in [2.05, 4.69) is 10.3 Å². The van der Waals surface area contributed by atoms with Crippen LogP contribution < -0.4 is 10.1 Å². The van der Waals surface area contributed by atoms with E-state index in [0.717, 1.165) is 34.0 Å². The molecule has 0 aliphatic carbocycles. The molecule has 0 fully saturated rings. The Morgan fingerprint density at radius 1 is 1.03 bits per heavy atom. The monoisotopic (exact) mass is 534 g/mol. The van der Waals surface area contributed by atoms with Gasteiger partial charge in [0.2, 0.25) is 0 Å². The summed E-state index contributed by atoms with van der Waals surface area (Å²) in [6.07, 6.45) is 3.15. The number of aliphatic hydroxyl groups is 1. The zero-order valence-electron chi connectivity index (χ0n) is 21.9. The standard InChI is InChI=1S/C30H34N2O5S/c1-4-15-37-29-14-11-22(21-9-12-25(13-10-21)38(35,36)20(2)3)17-27(29)30(34)32-24(19-33)16-23-18-31-28-8-6-5-7-26(23)28/h5-14,17-18,20,24,31,33H,4,15-16,19H2,1-3H3,(H,32,34)/t24-/m1/s1. The van der Waals surface area contributed by atoms with Crippen LogP contribution in [-0.2, 0) is 16.3 Å². The molecule has 1 amide bonds. The summed E-state index contributed by atoms with van der Waals surface area (Å²) in [5.41, 5.74) is 3.89. The highest BCUT2D eigenvalue weighted by Crippen LogP contribution is 2.29. The third-order valence-corrected chi connectivity index (χ3v) is 8.69. The van der Waals surface area contributed by atoms with E-state index < -0.39 is 21.1 Å². The van der Waals surface area contributed by atoms with Crippen LogP contribution in [0.3, 0.4) is 0 Å². The molecule has 0 saturated heterocycles. The number of carbonyl (C=O) groups is 1. The van der Waals surface area contributed by atoms with E-state index in [4.69, 9.17) is 4.74 Å². The molecule has 0 bridgehead atoms. The molecule has 0 aliphatic rings. The highest BCUT2D eigenvalue weighted by Gasteiger charge is 2.21. The molecular formula is C30H34N2O5S. The number of fused-ring (bicyclic) bond motifs is 1. The lowest BCUT2D eigenvalue weighted by molar-refractivity contribution is 0.0912. The van der Waals surface area contributed by atoms with Gasteiger partial charge in [-0.3, -0.25) is 4.79 Å². The van der Waals surface area contributed by atoms with Gasteiger partial charge >= 0.3 is 0 Å². The van der Waals surface area contributed by atoms with Crippen molar-refractivity contribution in [3.63, 3.8) is 0 Å². The van der Waals surface area contributed by atoms with Crippen molar-refractivity contribution in [1.82, 2.24) is 10.3 Å². The number of carbonyl (C=O) groups excluding carboxylic acids is 1. The number of H-pyrrole nitrogens is 1. The first kappa shape index (κ1) is 27.4. The van der Waals surface area contributed by atoms with Crippen LogP contribution in [-0.4, -0.2) is 48.9 Å². The largest absolute Gasteiger partial charge is 0.493 e. The molecule has 1 aromatic heterocycles. The van der Waals surface area contributed by atoms with E-state index >= 15 is 0 Å². The summed E-state index contributed by atoms with van der Waals surface area (Å²) in [6.45, 7) is 5.54. The fourth-order valence-corrected chi connectivity index (χ4v) is 5.38. The lowest BCUT2D eigenvalue weighted by Gasteiger charge is -2.18. The van der Waals surface area contributed by atoms with Crippen LogP contribution >= 0.6 is 0 Å². The number of aliphatic hydroxyl groups excluding tert-OH is 1. The maximum atomic E-state index is 13.4. The molecular weight excluding hydrogens is 500 g/mol. The summed E-state index contributed by atoms with van der Waals surface area (Å²) in [7, 11) is -3.38. The Morgan fingerprint density at radius 3 is 2.42 bits per heavy atom. The summed E-state index contributed by atoms with van der Waals surface area (Å²) in [6, 6.07) is 19.4. The second-order valence-corrected chi connectivity index (χ2v) is 12.1. The summed E-state index contributed by atoms with van der Waals surface area (Å²) in [5, 5.41) is 13.6. The highest BCUT2D eigenvalue weighted by atomic mass is 32.2. The smallest absolute Gasteiger partial charge is 0.255 e. The number of para-hydroxylation sites is 1. The van der Waals surface area contributed by atoms with Gasteiger partial charge in [-0.1, -0.05) is 43.3 Å². The van der Waals surface area contributed by atoms with Gasteiger partial charge in [0.05, 0.1) is 35.0 Å². The van der Waals surface area contributed by atoms with Crippen molar-refractivity contribution in [3.05, 3.63) is 84.1 Å². The number of amides is 1. The lowest BCUT2D eigenvalue weighted by Crippen LogP contribution is -2.39.